The third-order valence-electron chi connectivity index (χ3n) is 3.30. The molecule has 0 saturated heterocycles. The fourth-order valence-corrected chi connectivity index (χ4v) is 2.34. The van der Waals surface area contributed by atoms with Crippen molar-refractivity contribution in [2.75, 3.05) is 20.2 Å². The zero-order chi connectivity index (χ0) is 16.7. The summed E-state index contributed by atoms with van der Waals surface area (Å²) >= 11 is 5.87. The summed E-state index contributed by atoms with van der Waals surface area (Å²) in [6, 6.07) is 5.04. The van der Waals surface area contributed by atoms with Gasteiger partial charge in [-0.25, -0.2) is 0 Å². The lowest BCUT2D eigenvalue weighted by atomic mass is 10.2. The lowest BCUT2D eigenvalue weighted by Crippen LogP contribution is -2.37. The first kappa shape index (κ1) is 18.3. The number of nitrogens with zero attached hydrogens (tertiary/aromatic N) is 1. The number of halogens is 1. The largest absolute Gasteiger partial charge is 0.496 e. The number of ether oxygens (including phenoxy) is 1. The maximum Gasteiger partial charge on any atom is 0.255 e. The Hall–Kier alpha value is -1.75. The fraction of sp³-hybridized carbons (Fsp3) is 0.500. The summed E-state index contributed by atoms with van der Waals surface area (Å²) in [4.78, 5) is 25.4. The Labute approximate surface area is 136 Å². The molecule has 0 aliphatic carbocycles. The van der Waals surface area contributed by atoms with Crippen molar-refractivity contribution in [1.82, 2.24) is 10.2 Å². The molecular formula is C16H23ClN2O3. The molecule has 122 valence electrons. The minimum atomic E-state index is -0.215. The molecule has 0 aliphatic rings. The van der Waals surface area contributed by atoms with Crippen molar-refractivity contribution in [2.45, 2.75) is 33.2 Å². The third kappa shape index (κ3) is 5.22. The van der Waals surface area contributed by atoms with Gasteiger partial charge >= 0.3 is 0 Å². The molecule has 1 N–H and O–H groups in total. The zero-order valence-electron chi connectivity index (χ0n) is 13.5. The number of nitrogens with one attached hydrogen (secondary N) is 1. The second kappa shape index (κ2) is 8.63. The van der Waals surface area contributed by atoms with Crippen molar-refractivity contribution in [3.05, 3.63) is 28.8 Å². The molecule has 0 atom stereocenters. The van der Waals surface area contributed by atoms with Crippen molar-refractivity contribution in [3.63, 3.8) is 0 Å². The summed E-state index contributed by atoms with van der Waals surface area (Å²) in [7, 11) is 1.50. The maximum atomic E-state index is 12.1. The molecule has 0 radical (unpaired) electrons. The van der Waals surface area contributed by atoms with Gasteiger partial charge in [0, 0.05) is 31.1 Å². The number of carbonyl (C=O) groups is 2. The normalized spacial score (nSPS) is 10.5. The lowest BCUT2D eigenvalue weighted by Gasteiger charge is -2.25. The molecular weight excluding hydrogens is 304 g/mol. The van der Waals surface area contributed by atoms with Crippen LogP contribution in [0.2, 0.25) is 5.02 Å². The molecule has 0 bridgehead atoms. The molecule has 1 rings (SSSR count). The first-order valence-corrected chi connectivity index (χ1v) is 7.63. The monoisotopic (exact) mass is 326 g/mol. The lowest BCUT2D eigenvalue weighted by molar-refractivity contribution is -0.130. The van der Waals surface area contributed by atoms with E-state index in [4.69, 9.17) is 16.3 Å². The molecule has 0 unspecified atom stereocenters. The molecule has 0 aliphatic heterocycles. The summed E-state index contributed by atoms with van der Waals surface area (Å²) in [5.41, 5.74) is 0.444. The minimum absolute atomic E-state index is 0.0423. The van der Waals surface area contributed by atoms with E-state index in [1.807, 2.05) is 13.8 Å². The predicted octanol–water partition coefficient (Wildman–Crippen LogP) is 2.73. The van der Waals surface area contributed by atoms with E-state index in [0.717, 1.165) is 0 Å². The fourth-order valence-electron chi connectivity index (χ4n) is 2.18. The van der Waals surface area contributed by atoms with Crippen molar-refractivity contribution in [2.24, 2.45) is 0 Å². The molecule has 2 amide bonds. The highest BCUT2D eigenvalue weighted by Gasteiger charge is 2.14. The van der Waals surface area contributed by atoms with Crippen molar-refractivity contribution in [1.29, 1.82) is 0 Å². The van der Waals surface area contributed by atoms with Crippen molar-refractivity contribution >= 4 is 23.4 Å². The smallest absolute Gasteiger partial charge is 0.255 e. The SMILES string of the molecule is COc1cc(Cl)ccc1C(=O)NCCCN(C(C)=O)C(C)C. The van der Waals surface area contributed by atoms with Crippen LogP contribution in [-0.2, 0) is 4.79 Å². The molecule has 0 aromatic heterocycles. The first-order chi connectivity index (χ1) is 10.4. The van der Waals surface area contributed by atoms with Gasteiger partial charge in [0.05, 0.1) is 12.7 Å². The third-order valence-corrected chi connectivity index (χ3v) is 3.53. The molecule has 0 heterocycles. The highest BCUT2D eigenvalue weighted by atomic mass is 35.5. The van der Waals surface area contributed by atoms with E-state index in [0.29, 0.717) is 35.8 Å². The van der Waals surface area contributed by atoms with Crippen LogP contribution in [0.1, 0.15) is 37.6 Å². The van der Waals surface area contributed by atoms with Gasteiger partial charge in [0.1, 0.15) is 5.75 Å². The molecule has 0 fully saturated rings. The number of methoxy groups -OCH3 is 1. The van der Waals surface area contributed by atoms with Crippen LogP contribution in [0, 0.1) is 0 Å². The Balaban J connectivity index is 2.52. The van der Waals surface area contributed by atoms with E-state index in [1.165, 1.54) is 7.11 Å². The van der Waals surface area contributed by atoms with Gasteiger partial charge in [0.2, 0.25) is 5.91 Å². The van der Waals surface area contributed by atoms with Gasteiger partial charge in [-0.3, -0.25) is 9.59 Å². The topological polar surface area (TPSA) is 58.6 Å². The standard InChI is InChI=1S/C16H23ClN2O3/c1-11(2)19(12(3)20)9-5-8-18-16(21)14-7-6-13(17)10-15(14)22-4/h6-7,10-11H,5,8-9H2,1-4H3,(H,18,21). The highest BCUT2D eigenvalue weighted by molar-refractivity contribution is 6.30. The molecule has 0 saturated carbocycles. The van der Waals surface area contributed by atoms with Gasteiger partial charge in [0.25, 0.3) is 5.91 Å². The molecule has 0 spiro atoms. The highest BCUT2D eigenvalue weighted by Crippen LogP contribution is 2.22. The summed E-state index contributed by atoms with van der Waals surface area (Å²) in [5, 5.41) is 3.34. The van der Waals surface area contributed by atoms with E-state index >= 15 is 0 Å². The first-order valence-electron chi connectivity index (χ1n) is 7.25. The quantitative estimate of drug-likeness (QED) is 0.784. The molecule has 5 nitrogen and oxygen atoms in total. The van der Waals surface area contributed by atoms with Gasteiger partial charge in [-0.2, -0.15) is 0 Å². The average Bonchev–Trinajstić information content (AvgIpc) is 2.45. The van der Waals surface area contributed by atoms with E-state index < -0.39 is 0 Å². The second-order valence-electron chi connectivity index (χ2n) is 5.26. The van der Waals surface area contributed by atoms with Crippen LogP contribution < -0.4 is 10.1 Å². The Morgan fingerprint density at radius 1 is 1.36 bits per heavy atom. The van der Waals surface area contributed by atoms with Crippen molar-refractivity contribution < 1.29 is 14.3 Å². The van der Waals surface area contributed by atoms with Gasteiger partial charge < -0.3 is 15.0 Å². The molecule has 22 heavy (non-hydrogen) atoms. The second-order valence-corrected chi connectivity index (χ2v) is 5.70. The van der Waals surface area contributed by atoms with Crippen molar-refractivity contribution in [3.8, 4) is 5.75 Å². The number of hydrogen-bond acceptors (Lipinski definition) is 3. The molecule has 1 aromatic carbocycles. The summed E-state index contributed by atoms with van der Waals surface area (Å²) in [6.45, 7) is 6.60. The minimum Gasteiger partial charge on any atom is -0.496 e. The van der Waals surface area contributed by atoms with Crippen LogP contribution in [0.4, 0.5) is 0 Å². The molecule has 6 heteroatoms. The van der Waals surface area contributed by atoms with Crippen LogP contribution in [0.3, 0.4) is 0 Å². The van der Waals surface area contributed by atoms with Crippen LogP contribution in [0.25, 0.3) is 0 Å². The van der Waals surface area contributed by atoms with Crippen LogP contribution in [-0.4, -0.2) is 43.0 Å². The van der Waals surface area contributed by atoms with Gasteiger partial charge in [-0.15, -0.1) is 0 Å². The Kier molecular flexibility index (Phi) is 7.18. The van der Waals surface area contributed by atoms with E-state index in [2.05, 4.69) is 5.32 Å². The number of rotatable bonds is 7. The van der Waals surface area contributed by atoms with E-state index in [1.54, 1.807) is 30.0 Å². The Bertz CT molecular complexity index is 532. The maximum absolute atomic E-state index is 12.1. The van der Waals surface area contributed by atoms with Crippen LogP contribution in [0.15, 0.2) is 18.2 Å². The number of benzene rings is 1. The number of hydrogen-bond donors (Lipinski definition) is 1. The zero-order valence-corrected chi connectivity index (χ0v) is 14.2. The molecule has 1 aromatic rings. The summed E-state index contributed by atoms with van der Waals surface area (Å²) in [6.07, 6.45) is 0.694. The van der Waals surface area contributed by atoms with Gasteiger partial charge in [-0.1, -0.05) is 11.6 Å². The predicted molar refractivity (Wildman–Crippen MR) is 87.5 cm³/mol. The average molecular weight is 327 g/mol. The Morgan fingerprint density at radius 2 is 2.05 bits per heavy atom. The Morgan fingerprint density at radius 3 is 2.59 bits per heavy atom. The van der Waals surface area contributed by atoms with Crippen LogP contribution in [0.5, 0.6) is 5.75 Å². The van der Waals surface area contributed by atoms with Crippen LogP contribution >= 0.6 is 11.6 Å². The van der Waals surface area contributed by atoms with Gasteiger partial charge in [0.15, 0.2) is 0 Å². The summed E-state index contributed by atoms with van der Waals surface area (Å²) in [5.74, 6) is 0.269. The number of carbonyl (C=O) groups excluding carboxylic acids is 2. The van der Waals surface area contributed by atoms with E-state index in [9.17, 15) is 9.59 Å². The van der Waals surface area contributed by atoms with Gasteiger partial charge in [-0.05, 0) is 38.5 Å². The summed E-state index contributed by atoms with van der Waals surface area (Å²) < 4.78 is 5.16. The van der Waals surface area contributed by atoms with E-state index in [-0.39, 0.29) is 17.9 Å². The number of amides is 2.